The molecule has 0 aromatic heterocycles. The fraction of sp³-hybridized carbons (Fsp3) is 0.0667. The highest BCUT2D eigenvalue weighted by Gasteiger charge is 2.32. The van der Waals surface area contributed by atoms with Gasteiger partial charge in [-0.2, -0.15) is 0 Å². The van der Waals surface area contributed by atoms with E-state index in [4.69, 9.17) is 9.47 Å². The summed E-state index contributed by atoms with van der Waals surface area (Å²) in [5.74, 6) is 1.13. The van der Waals surface area contributed by atoms with Crippen LogP contribution >= 0.6 is 0 Å². The van der Waals surface area contributed by atoms with E-state index in [-0.39, 0.29) is 11.6 Å². The molecular weight excluding hydrogens is 424 g/mol. The average Bonchev–Trinajstić information content (AvgIpc) is 2.90. The zero-order valence-corrected chi connectivity index (χ0v) is 18.7. The first-order chi connectivity index (χ1) is 16.6. The molecule has 0 radical (unpaired) electrons. The van der Waals surface area contributed by atoms with Crippen LogP contribution in [0.4, 0.5) is 0 Å². The van der Waals surface area contributed by atoms with Gasteiger partial charge in [-0.1, -0.05) is 72.8 Å². The van der Waals surface area contributed by atoms with E-state index >= 15 is 0 Å². The smallest absolute Gasteiger partial charge is 0.195 e. The van der Waals surface area contributed by atoms with E-state index in [0.29, 0.717) is 33.8 Å². The first kappa shape index (κ1) is 20.2. The molecule has 0 bridgehead atoms. The number of ether oxygens (including phenoxy) is 2. The highest BCUT2D eigenvalue weighted by molar-refractivity contribution is 6.31. The van der Waals surface area contributed by atoms with Gasteiger partial charge in [0.25, 0.3) is 0 Å². The molecule has 0 fully saturated rings. The van der Waals surface area contributed by atoms with Gasteiger partial charge in [-0.25, -0.2) is 0 Å². The molecular formula is C30H20O4. The highest BCUT2D eigenvalue weighted by atomic mass is 16.5. The monoisotopic (exact) mass is 444 g/mol. The summed E-state index contributed by atoms with van der Waals surface area (Å²) in [5, 5.41) is 3.88. The van der Waals surface area contributed by atoms with Gasteiger partial charge in [0.2, 0.25) is 0 Å². The van der Waals surface area contributed by atoms with E-state index in [9.17, 15) is 9.59 Å². The third-order valence-corrected chi connectivity index (χ3v) is 6.59. The summed E-state index contributed by atoms with van der Waals surface area (Å²) in [4.78, 5) is 27.0. The molecule has 164 valence electrons. The first-order valence-corrected chi connectivity index (χ1v) is 11.0. The van der Waals surface area contributed by atoms with Gasteiger partial charge < -0.3 is 9.47 Å². The third kappa shape index (κ3) is 2.78. The molecule has 0 heterocycles. The molecule has 0 atom stereocenters. The summed E-state index contributed by atoms with van der Waals surface area (Å²) in [7, 11) is 3.27. The second-order valence-corrected chi connectivity index (χ2v) is 8.33. The quantitative estimate of drug-likeness (QED) is 0.294. The number of ketones is 2. The largest absolute Gasteiger partial charge is 0.497 e. The number of carbonyl (C=O) groups excluding carboxylic acids is 2. The summed E-state index contributed by atoms with van der Waals surface area (Å²) >= 11 is 0. The van der Waals surface area contributed by atoms with E-state index in [1.165, 1.54) is 0 Å². The molecule has 34 heavy (non-hydrogen) atoms. The molecule has 5 aromatic carbocycles. The average molecular weight is 444 g/mol. The summed E-state index contributed by atoms with van der Waals surface area (Å²) in [6.45, 7) is 0. The van der Waals surface area contributed by atoms with Crippen LogP contribution in [-0.4, -0.2) is 25.8 Å². The molecule has 1 aliphatic rings. The van der Waals surface area contributed by atoms with Crippen molar-refractivity contribution in [2.45, 2.75) is 0 Å². The van der Waals surface area contributed by atoms with Crippen molar-refractivity contribution >= 4 is 33.1 Å². The second kappa shape index (κ2) is 7.56. The number of rotatable bonds is 3. The maximum atomic E-state index is 13.7. The van der Waals surface area contributed by atoms with E-state index < -0.39 is 0 Å². The van der Waals surface area contributed by atoms with Gasteiger partial charge in [0.15, 0.2) is 11.6 Å². The van der Waals surface area contributed by atoms with Crippen molar-refractivity contribution in [2.75, 3.05) is 14.2 Å². The topological polar surface area (TPSA) is 52.6 Å². The zero-order chi connectivity index (χ0) is 23.4. The lowest BCUT2D eigenvalue weighted by Gasteiger charge is -2.21. The van der Waals surface area contributed by atoms with Crippen LogP contribution in [0.5, 0.6) is 11.5 Å². The Morgan fingerprint density at radius 2 is 1.18 bits per heavy atom. The molecule has 4 heteroatoms. The zero-order valence-electron chi connectivity index (χ0n) is 18.7. The van der Waals surface area contributed by atoms with Crippen LogP contribution < -0.4 is 9.47 Å². The van der Waals surface area contributed by atoms with Crippen LogP contribution in [0.2, 0.25) is 0 Å². The Kier molecular flexibility index (Phi) is 4.49. The number of hydrogen-bond acceptors (Lipinski definition) is 4. The maximum absolute atomic E-state index is 13.7. The molecule has 0 unspecified atom stereocenters. The van der Waals surface area contributed by atoms with E-state index in [1.54, 1.807) is 44.6 Å². The molecule has 0 spiro atoms. The lowest BCUT2D eigenvalue weighted by Crippen LogP contribution is -2.21. The van der Waals surface area contributed by atoms with Crippen molar-refractivity contribution in [1.82, 2.24) is 0 Å². The molecule has 4 nitrogen and oxygen atoms in total. The van der Waals surface area contributed by atoms with Crippen LogP contribution in [0, 0.1) is 0 Å². The number of fused-ring (bicyclic) bond motifs is 5. The molecule has 0 aliphatic heterocycles. The van der Waals surface area contributed by atoms with Gasteiger partial charge in [-0.3, -0.25) is 9.59 Å². The van der Waals surface area contributed by atoms with Crippen LogP contribution in [-0.2, 0) is 0 Å². The standard InChI is InChI=1S/C30H20O4/c1-33-19-15-18-14-13-17-7-5-10-20(26(17)27(18)25(16-19)34-2)21-11-6-12-24-28(21)30(32)23-9-4-3-8-22(23)29(24)31/h3-16H,1-2H3. The Hall–Kier alpha value is -4.44. The maximum Gasteiger partial charge on any atom is 0.195 e. The SMILES string of the molecule is COc1cc(OC)c2c(ccc3cccc(-c4cccc5c4C(=O)c4ccccc4C5=O)c32)c1. The molecule has 0 N–H and O–H groups in total. The summed E-state index contributed by atoms with van der Waals surface area (Å²) < 4.78 is 11.2. The molecule has 6 rings (SSSR count). The summed E-state index contributed by atoms with van der Waals surface area (Å²) in [6.07, 6.45) is 0. The highest BCUT2D eigenvalue weighted by Crippen LogP contribution is 2.43. The minimum Gasteiger partial charge on any atom is -0.497 e. The minimum atomic E-state index is -0.133. The van der Waals surface area contributed by atoms with Crippen molar-refractivity contribution in [2.24, 2.45) is 0 Å². The second-order valence-electron chi connectivity index (χ2n) is 8.33. The summed E-state index contributed by atoms with van der Waals surface area (Å²) in [6, 6.07) is 26.5. The fourth-order valence-electron chi connectivity index (χ4n) is 5.05. The first-order valence-electron chi connectivity index (χ1n) is 11.0. The molecule has 5 aromatic rings. The summed E-state index contributed by atoms with van der Waals surface area (Å²) in [5.41, 5.74) is 3.40. The van der Waals surface area contributed by atoms with Crippen molar-refractivity contribution in [3.05, 3.63) is 107 Å². The van der Waals surface area contributed by atoms with Crippen LogP contribution in [0.1, 0.15) is 31.8 Å². The Balaban J connectivity index is 1.72. The number of benzene rings is 5. The van der Waals surface area contributed by atoms with Gasteiger partial charge in [-0.05, 0) is 28.0 Å². The minimum absolute atomic E-state index is 0.125. The van der Waals surface area contributed by atoms with Crippen LogP contribution in [0.15, 0.2) is 84.9 Å². The Morgan fingerprint density at radius 1 is 0.529 bits per heavy atom. The van der Waals surface area contributed by atoms with E-state index in [1.807, 2.05) is 48.5 Å². The number of methoxy groups -OCH3 is 2. The van der Waals surface area contributed by atoms with Gasteiger partial charge in [-0.15, -0.1) is 0 Å². The van der Waals surface area contributed by atoms with E-state index in [2.05, 4.69) is 6.07 Å². The number of carbonyl (C=O) groups is 2. The Labute approximate surface area is 196 Å². The van der Waals surface area contributed by atoms with Crippen LogP contribution in [0.25, 0.3) is 32.7 Å². The van der Waals surface area contributed by atoms with E-state index in [0.717, 1.165) is 32.7 Å². The Morgan fingerprint density at radius 3 is 1.94 bits per heavy atom. The van der Waals surface area contributed by atoms with Crippen molar-refractivity contribution in [1.29, 1.82) is 0 Å². The van der Waals surface area contributed by atoms with Gasteiger partial charge in [0.1, 0.15) is 11.5 Å². The lowest BCUT2D eigenvalue weighted by molar-refractivity contribution is 0.0979. The van der Waals surface area contributed by atoms with Gasteiger partial charge in [0, 0.05) is 39.1 Å². The molecule has 0 amide bonds. The number of hydrogen-bond donors (Lipinski definition) is 0. The van der Waals surface area contributed by atoms with Crippen molar-refractivity contribution < 1.29 is 19.1 Å². The molecule has 0 saturated carbocycles. The lowest BCUT2D eigenvalue weighted by atomic mass is 9.79. The third-order valence-electron chi connectivity index (χ3n) is 6.59. The van der Waals surface area contributed by atoms with Crippen LogP contribution in [0.3, 0.4) is 0 Å². The van der Waals surface area contributed by atoms with Crippen molar-refractivity contribution in [3.8, 4) is 22.6 Å². The van der Waals surface area contributed by atoms with Gasteiger partial charge >= 0.3 is 0 Å². The Bertz CT molecular complexity index is 1660. The molecule has 0 saturated heterocycles. The van der Waals surface area contributed by atoms with Crippen molar-refractivity contribution in [3.63, 3.8) is 0 Å². The fourth-order valence-corrected chi connectivity index (χ4v) is 5.05. The van der Waals surface area contributed by atoms with Gasteiger partial charge in [0.05, 0.1) is 14.2 Å². The predicted octanol–water partition coefficient (Wildman–Crippen LogP) is 6.45. The molecule has 1 aliphatic carbocycles. The predicted molar refractivity (Wildman–Crippen MR) is 133 cm³/mol. The normalized spacial score (nSPS) is 12.5.